The van der Waals surface area contributed by atoms with Crippen LogP contribution in [0, 0.1) is 5.92 Å². The molecule has 64 valence electrons. The van der Waals surface area contributed by atoms with E-state index in [2.05, 4.69) is 4.62 Å². The van der Waals surface area contributed by atoms with E-state index in [1.54, 1.807) is 0 Å². The molecule has 11 heavy (non-hydrogen) atoms. The average molecular weight is 179 g/mol. The van der Waals surface area contributed by atoms with Gasteiger partial charge in [-0.05, 0) is 0 Å². The first-order chi connectivity index (χ1) is 5.11. The lowest BCUT2D eigenvalue weighted by Crippen LogP contribution is -2.28. The molecule has 0 bridgehead atoms. The molecule has 1 amide bonds. The van der Waals surface area contributed by atoms with Crippen molar-refractivity contribution in [1.82, 2.24) is 5.06 Å². The molecular weight excluding hydrogens is 169 g/mol. The molecule has 6 heteroatoms. The Labute approximate surface area is 66.6 Å². The van der Waals surface area contributed by atoms with Crippen molar-refractivity contribution in [1.29, 1.82) is 0 Å². The van der Waals surface area contributed by atoms with Gasteiger partial charge < -0.3 is 5.11 Å². The summed E-state index contributed by atoms with van der Waals surface area (Å²) in [5, 5.41) is 9.31. The zero-order valence-corrected chi connectivity index (χ0v) is 7.21. The van der Waals surface area contributed by atoms with Gasteiger partial charge in [-0.3, -0.25) is 14.2 Å². The Bertz CT molecular complexity index is 151. The first kappa shape index (κ1) is 10.3. The van der Waals surface area contributed by atoms with Crippen LogP contribution in [-0.4, -0.2) is 29.1 Å². The van der Waals surface area contributed by atoms with Crippen LogP contribution in [0.2, 0.25) is 0 Å². The SMILES string of the molecule is C[C@H](CN(C=O)OP)C(=O)O. The van der Waals surface area contributed by atoms with E-state index in [9.17, 15) is 9.59 Å². The number of carboxylic acid groups (broad SMARTS) is 1. The molecule has 0 saturated heterocycles. The van der Waals surface area contributed by atoms with Crippen molar-refractivity contribution in [3.8, 4) is 0 Å². The highest BCUT2D eigenvalue weighted by Crippen LogP contribution is 2.01. The van der Waals surface area contributed by atoms with Crippen molar-refractivity contribution in [2.45, 2.75) is 6.92 Å². The Hall–Kier alpha value is -0.670. The summed E-state index contributed by atoms with van der Waals surface area (Å²) in [6.45, 7) is 1.53. The van der Waals surface area contributed by atoms with E-state index in [0.717, 1.165) is 5.06 Å². The van der Waals surface area contributed by atoms with Gasteiger partial charge in [-0.15, -0.1) is 0 Å². The molecular formula is C5H10NO4P. The molecule has 0 fully saturated rings. The van der Waals surface area contributed by atoms with Gasteiger partial charge in [0.2, 0.25) is 6.41 Å². The van der Waals surface area contributed by atoms with E-state index >= 15 is 0 Å². The predicted molar refractivity (Wildman–Crippen MR) is 40.4 cm³/mol. The fraction of sp³-hybridized carbons (Fsp3) is 0.600. The molecule has 2 atom stereocenters. The van der Waals surface area contributed by atoms with Gasteiger partial charge >= 0.3 is 5.97 Å². The second-order valence-corrected chi connectivity index (χ2v) is 2.26. The molecule has 0 rings (SSSR count). The first-order valence-electron chi connectivity index (χ1n) is 2.93. The van der Waals surface area contributed by atoms with E-state index < -0.39 is 11.9 Å². The monoisotopic (exact) mass is 179 g/mol. The van der Waals surface area contributed by atoms with E-state index in [0.29, 0.717) is 6.41 Å². The summed E-state index contributed by atoms with van der Waals surface area (Å²) in [5.41, 5.74) is 0. The highest BCUT2D eigenvalue weighted by atomic mass is 31.0. The van der Waals surface area contributed by atoms with Crippen LogP contribution in [0.1, 0.15) is 6.92 Å². The number of amides is 1. The second kappa shape index (κ2) is 5.04. The lowest BCUT2D eigenvalue weighted by Gasteiger charge is -2.15. The Morgan fingerprint density at radius 1 is 1.91 bits per heavy atom. The lowest BCUT2D eigenvalue weighted by atomic mass is 10.2. The highest BCUT2D eigenvalue weighted by molar-refractivity contribution is 7.09. The standard InChI is InChI=1S/C5H10NO4P/c1-4(5(8)9)2-6(3-7)10-11/h3-4H,2,11H2,1H3,(H,8,9)/t4-/m1/s1. The third-order valence-electron chi connectivity index (χ3n) is 1.13. The van der Waals surface area contributed by atoms with Gasteiger partial charge in [0.1, 0.15) is 0 Å². The van der Waals surface area contributed by atoms with Crippen molar-refractivity contribution in [2.75, 3.05) is 6.54 Å². The van der Waals surface area contributed by atoms with Gasteiger partial charge in [-0.25, -0.2) is 5.06 Å². The maximum Gasteiger partial charge on any atom is 0.308 e. The number of carbonyl (C=O) groups is 2. The Kier molecular flexibility index (Phi) is 4.74. The number of nitrogens with zero attached hydrogens (tertiary/aromatic N) is 1. The van der Waals surface area contributed by atoms with E-state index in [1.807, 2.05) is 9.47 Å². The fourth-order valence-electron chi connectivity index (χ4n) is 0.459. The molecule has 0 aliphatic carbocycles. The third-order valence-corrected chi connectivity index (χ3v) is 1.40. The van der Waals surface area contributed by atoms with Gasteiger partial charge in [-0.2, -0.15) is 0 Å². The molecule has 0 aromatic carbocycles. The predicted octanol–water partition coefficient (Wildman–Crippen LogP) is -0.113. The highest BCUT2D eigenvalue weighted by Gasteiger charge is 2.14. The minimum Gasteiger partial charge on any atom is -0.481 e. The van der Waals surface area contributed by atoms with Gasteiger partial charge in [0.15, 0.2) is 0 Å². The summed E-state index contributed by atoms with van der Waals surface area (Å²) in [4.78, 5) is 20.4. The number of hydrogen-bond donors (Lipinski definition) is 1. The summed E-state index contributed by atoms with van der Waals surface area (Å²) >= 11 is 0. The largest absolute Gasteiger partial charge is 0.481 e. The van der Waals surface area contributed by atoms with Crippen LogP contribution < -0.4 is 0 Å². The van der Waals surface area contributed by atoms with Crippen molar-refractivity contribution >= 4 is 21.8 Å². The minimum atomic E-state index is -0.959. The third kappa shape index (κ3) is 3.91. The zero-order valence-electron chi connectivity index (χ0n) is 6.06. The summed E-state index contributed by atoms with van der Waals surface area (Å²) < 4.78 is 4.44. The molecule has 0 aromatic heterocycles. The van der Waals surface area contributed by atoms with Crippen molar-refractivity contribution < 1.29 is 19.3 Å². The summed E-state index contributed by atoms with van der Waals surface area (Å²) in [7, 11) is 1.86. The summed E-state index contributed by atoms with van der Waals surface area (Å²) in [5.74, 6) is -1.58. The minimum absolute atomic E-state index is 0.0440. The van der Waals surface area contributed by atoms with Crippen molar-refractivity contribution in [2.24, 2.45) is 5.92 Å². The van der Waals surface area contributed by atoms with Crippen LogP contribution in [0.4, 0.5) is 0 Å². The molecule has 0 aromatic rings. The number of aliphatic carboxylic acids is 1. The molecule has 1 unspecified atom stereocenters. The average Bonchev–Trinajstić information content (AvgIpc) is 1.99. The normalized spacial score (nSPS) is 12.2. The van der Waals surface area contributed by atoms with E-state index in [4.69, 9.17) is 5.11 Å². The van der Waals surface area contributed by atoms with Crippen LogP contribution in [0.3, 0.4) is 0 Å². The van der Waals surface area contributed by atoms with Crippen LogP contribution in [0.15, 0.2) is 0 Å². The summed E-state index contributed by atoms with van der Waals surface area (Å²) in [6, 6.07) is 0. The molecule has 0 heterocycles. The molecule has 0 spiro atoms. The summed E-state index contributed by atoms with van der Waals surface area (Å²) in [6.07, 6.45) is 0.423. The molecule has 0 aliphatic heterocycles. The maximum atomic E-state index is 10.3. The smallest absolute Gasteiger partial charge is 0.308 e. The molecule has 1 N–H and O–H groups in total. The Morgan fingerprint density at radius 2 is 2.45 bits per heavy atom. The number of carboxylic acids is 1. The van der Waals surface area contributed by atoms with E-state index in [-0.39, 0.29) is 6.54 Å². The number of hydrogen-bond acceptors (Lipinski definition) is 3. The van der Waals surface area contributed by atoms with Crippen molar-refractivity contribution in [3.63, 3.8) is 0 Å². The molecule has 5 nitrogen and oxygen atoms in total. The lowest BCUT2D eigenvalue weighted by molar-refractivity contribution is -0.150. The Morgan fingerprint density at radius 3 is 2.73 bits per heavy atom. The van der Waals surface area contributed by atoms with Crippen LogP contribution >= 0.6 is 9.47 Å². The van der Waals surface area contributed by atoms with Gasteiger partial charge in [-0.1, -0.05) is 6.92 Å². The van der Waals surface area contributed by atoms with Gasteiger partial charge in [0.05, 0.1) is 12.5 Å². The fourth-order valence-corrected chi connectivity index (χ4v) is 0.595. The first-order valence-corrected chi connectivity index (χ1v) is 3.40. The number of carbonyl (C=O) groups excluding carboxylic acids is 1. The van der Waals surface area contributed by atoms with Gasteiger partial charge in [0, 0.05) is 9.47 Å². The molecule has 0 aliphatic rings. The number of rotatable bonds is 5. The van der Waals surface area contributed by atoms with Crippen LogP contribution in [0.25, 0.3) is 0 Å². The zero-order chi connectivity index (χ0) is 8.85. The van der Waals surface area contributed by atoms with Crippen LogP contribution in [0.5, 0.6) is 0 Å². The number of hydroxylamine groups is 2. The quantitative estimate of drug-likeness (QED) is 0.363. The topological polar surface area (TPSA) is 66.8 Å². The molecule has 0 saturated carbocycles. The van der Waals surface area contributed by atoms with Gasteiger partial charge in [0.25, 0.3) is 0 Å². The second-order valence-electron chi connectivity index (χ2n) is 2.05. The molecule has 0 radical (unpaired) electrons. The van der Waals surface area contributed by atoms with E-state index in [1.165, 1.54) is 6.92 Å². The maximum absolute atomic E-state index is 10.3. The Balaban J connectivity index is 3.80. The van der Waals surface area contributed by atoms with Crippen LogP contribution in [-0.2, 0) is 14.2 Å². The van der Waals surface area contributed by atoms with Crippen molar-refractivity contribution in [3.05, 3.63) is 0 Å².